The molecule has 0 aliphatic carbocycles. The summed E-state index contributed by atoms with van der Waals surface area (Å²) in [5, 5.41) is 20.1. The van der Waals surface area contributed by atoms with E-state index in [1.807, 2.05) is 54.6 Å². The Bertz CT molecular complexity index is 1560. The Morgan fingerprint density at radius 3 is 2.70 bits per heavy atom. The van der Waals surface area contributed by atoms with E-state index in [0.717, 1.165) is 27.7 Å². The van der Waals surface area contributed by atoms with Gasteiger partial charge in [0.1, 0.15) is 18.1 Å². The summed E-state index contributed by atoms with van der Waals surface area (Å²) in [6, 6.07) is 22.0. The van der Waals surface area contributed by atoms with E-state index in [1.165, 1.54) is 0 Å². The number of aromatic nitrogens is 1. The predicted molar refractivity (Wildman–Crippen MR) is 156 cm³/mol. The van der Waals surface area contributed by atoms with Crippen LogP contribution in [0.3, 0.4) is 0 Å². The van der Waals surface area contributed by atoms with Gasteiger partial charge in [0.15, 0.2) is 0 Å². The molecule has 206 valence electrons. The first-order chi connectivity index (χ1) is 19.3. The zero-order chi connectivity index (χ0) is 28.2. The number of nitrogens with zero attached hydrogens (tertiary/aromatic N) is 1. The number of aromatic carboxylic acids is 1. The van der Waals surface area contributed by atoms with Crippen molar-refractivity contribution in [2.24, 2.45) is 5.92 Å². The van der Waals surface area contributed by atoms with E-state index in [2.05, 4.69) is 4.98 Å². The molecule has 0 radical (unpaired) electrons. The van der Waals surface area contributed by atoms with Gasteiger partial charge in [-0.05, 0) is 66.9 Å². The molecule has 0 saturated heterocycles. The smallest absolute Gasteiger partial charge is 0.335 e. The van der Waals surface area contributed by atoms with Crippen molar-refractivity contribution in [3.8, 4) is 11.5 Å². The zero-order valence-electron chi connectivity index (χ0n) is 21.5. The molecule has 3 unspecified atom stereocenters. The molecule has 3 atom stereocenters. The average molecular weight is 578 g/mol. The molecule has 0 bridgehead atoms. The Hall–Kier alpha value is -3.75. The normalized spacial score (nSPS) is 17.1. The highest BCUT2D eigenvalue weighted by molar-refractivity contribution is 7.81. The minimum absolute atomic E-state index is 0.00405. The van der Waals surface area contributed by atoms with Crippen LogP contribution in [0.5, 0.6) is 11.5 Å². The van der Waals surface area contributed by atoms with E-state index in [0.29, 0.717) is 36.0 Å². The van der Waals surface area contributed by atoms with Crippen LogP contribution in [-0.4, -0.2) is 39.0 Å². The number of carbonyl (C=O) groups is 2. The Morgan fingerprint density at radius 2 is 1.90 bits per heavy atom. The molecule has 0 fully saturated rings. The molecule has 1 aliphatic heterocycles. The van der Waals surface area contributed by atoms with Crippen LogP contribution in [0.1, 0.15) is 45.9 Å². The third-order valence-corrected chi connectivity index (χ3v) is 7.95. The fourth-order valence-corrected chi connectivity index (χ4v) is 5.92. The number of benzene rings is 3. The first kappa shape index (κ1) is 27.8. The standard InChI is InChI=1S/C31H28ClNO6S/c32-22-6-4-19-5-7-23(33-26(19)14-22)17-38-24-8-9-27-25(15-24)30(28(40)10-11-29(34)35)21(16-39-27)13-18-2-1-3-20(12-18)31(36)37/h1-9,12,14-15,21,28,30,40H,10-11,13,16-17H2,(H,34,35)(H,36,37). The number of ether oxygens (including phenoxy) is 2. The molecule has 2 heterocycles. The Balaban J connectivity index is 1.40. The molecule has 40 heavy (non-hydrogen) atoms. The number of aliphatic carboxylic acids is 1. The summed E-state index contributed by atoms with van der Waals surface area (Å²) in [7, 11) is 0. The number of pyridine rings is 1. The van der Waals surface area contributed by atoms with Crippen LogP contribution in [-0.2, 0) is 17.8 Å². The quantitative estimate of drug-likeness (QED) is 0.181. The molecule has 5 rings (SSSR count). The SMILES string of the molecule is O=C(O)CCC(S)C1c2cc(OCc3ccc4ccc(Cl)cc4n3)ccc2OCC1Cc1cccc(C(=O)O)c1. The van der Waals surface area contributed by atoms with Crippen molar-refractivity contribution in [2.75, 3.05) is 6.61 Å². The number of carboxylic acids is 2. The topological polar surface area (TPSA) is 106 Å². The fraction of sp³-hybridized carbons (Fsp3) is 0.258. The maximum Gasteiger partial charge on any atom is 0.335 e. The van der Waals surface area contributed by atoms with Crippen molar-refractivity contribution in [3.05, 3.63) is 100 Å². The maximum absolute atomic E-state index is 11.5. The second kappa shape index (κ2) is 12.2. The van der Waals surface area contributed by atoms with Crippen molar-refractivity contribution in [2.45, 2.75) is 37.0 Å². The Kier molecular flexibility index (Phi) is 8.47. The summed E-state index contributed by atoms with van der Waals surface area (Å²) < 4.78 is 12.2. The van der Waals surface area contributed by atoms with Gasteiger partial charge in [-0.15, -0.1) is 0 Å². The van der Waals surface area contributed by atoms with Crippen LogP contribution in [0.25, 0.3) is 10.9 Å². The van der Waals surface area contributed by atoms with Gasteiger partial charge in [0.25, 0.3) is 0 Å². The van der Waals surface area contributed by atoms with Gasteiger partial charge in [0, 0.05) is 39.5 Å². The third kappa shape index (κ3) is 6.51. The van der Waals surface area contributed by atoms with Gasteiger partial charge in [-0.3, -0.25) is 4.79 Å². The zero-order valence-corrected chi connectivity index (χ0v) is 23.1. The minimum Gasteiger partial charge on any atom is -0.493 e. The summed E-state index contributed by atoms with van der Waals surface area (Å²) in [4.78, 5) is 27.5. The molecule has 1 aliphatic rings. The minimum atomic E-state index is -0.983. The third-order valence-electron chi connectivity index (χ3n) is 7.14. The molecular formula is C31H28ClNO6S. The number of halogens is 1. The molecular weight excluding hydrogens is 550 g/mol. The molecule has 0 amide bonds. The van der Waals surface area contributed by atoms with Crippen LogP contribution in [0.15, 0.2) is 72.8 Å². The van der Waals surface area contributed by atoms with Crippen molar-refractivity contribution >= 4 is 47.1 Å². The molecule has 9 heteroatoms. The highest BCUT2D eigenvalue weighted by atomic mass is 35.5. The predicted octanol–water partition coefficient (Wildman–Crippen LogP) is 6.66. The van der Waals surface area contributed by atoms with Gasteiger partial charge in [-0.25, -0.2) is 9.78 Å². The molecule has 1 aromatic heterocycles. The summed E-state index contributed by atoms with van der Waals surface area (Å²) in [6.07, 6.45) is 0.933. The molecule has 0 spiro atoms. The van der Waals surface area contributed by atoms with Crippen molar-refractivity contribution in [1.82, 2.24) is 4.98 Å². The first-order valence-electron chi connectivity index (χ1n) is 12.9. The van der Waals surface area contributed by atoms with Crippen LogP contribution in [0, 0.1) is 5.92 Å². The Labute approximate surface area is 242 Å². The lowest BCUT2D eigenvalue weighted by molar-refractivity contribution is -0.137. The number of carboxylic acid groups (broad SMARTS) is 2. The number of thiol groups is 1. The lowest BCUT2D eigenvalue weighted by atomic mass is 9.77. The van der Waals surface area contributed by atoms with E-state index in [-0.39, 0.29) is 35.7 Å². The monoisotopic (exact) mass is 577 g/mol. The van der Waals surface area contributed by atoms with Crippen LogP contribution in [0.4, 0.5) is 0 Å². The number of rotatable bonds is 10. The van der Waals surface area contributed by atoms with Crippen LogP contribution >= 0.6 is 24.2 Å². The van der Waals surface area contributed by atoms with Gasteiger partial charge < -0.3 is 19.7 Å². The van der Waals surface area contributed by atoms with Crippen molar-refractivity contribution in [3.63, 3.8) is 0 Å². The number of hydrogen-bond acceptors (Lipinski definition) is 6. The summed E-state index contributed by atoms with van der Waals surface area (Å²) in [6.45, 7) is 0.657. The van der Waals surface area contributed by atoms with E-state index in [9.17, 15) is 19.8 Å². The van der Waals surface area contributed by atoms with Gasteiger partial charge in [0.05, 0.1) is 23.4 Å². The van der Waals surface area contributed by atoms with Crippen molar-refractivity contribution < 1.29 is 29.3 Å². The van der Waals surface area contributed by atoms with Gasteiger partial charge in [-0.2, -0.15) is 12.6 Å². The molecule has 0 saturated carbocycles. The van der Waals surface area contributed by atoms with Crippen LogP contribution < -0.4 is 9.47 Å². The van der Waals surface area contributed by atoms with E-state index in [4.69, 9.17) is 33.7 Å². The molecule has 3 aromatic carbocycles. The molecule has 7 nitrogen and oxygen atoms in total. The van der Waals surface area contributed by atoms with Gasteiger partial charge in [-0.1, -0.05) is 35.9 Å². The van der Waals surface area contributed by atoms with Gasteiger partial charge >= 0.3 is 11.9 Å². The Morgan fingerprint density at radius 1 is 1.07 bits per heavy atom. The lowest BCUT2D eigenvalue weighted by Gasteiger charge is -2.37. The van der Waals surface area contributed by atoms with Gasteiger partial charge in [0.2, 0.25) is 0 Å². The molecule has 4 aromatic rings. The second-order valence-corrected chi connectivity index (χ2v) is 11.0. The summed E-state index contributed by atoms with van der Waals surface area (Å²) in [5.41, 5.74) is 3.53. The van der Waals surface area contributed by atoms with Crippen LogP contribution in [0.2, 0.25) is 5.02 Å². The second-order valence-electron chi connectivity index (χ2n) is 9.93. The van der Waals surface area contributed by atoms with Crippen molar-refractivity contribution in [1.29, 1.82) is 0 Å². The van der Waals surface area contributed by atoms with E-state index in [1.54, 1.807) is 18.2 Å². The first-order valence-corrected chi connectivity index (χ1v) is 13.8. The summed E-state index contributed by atoms with van der Waals surface area (Å²) in [5.74, 6) is -0.700. The molecule has 2 N–H and O–H groups in total. The number of hydrogen-bond donors (Lipinski definition) is 3. The lowest BCUT2D eigenvalue weighted by Crippen LogP contribution is -2.33. The fourth-order valence-electron chi connectivity index (χ4n) is 5.23. The highest BCUT2D eigenvalue weighted by Gasteiger charge is 2.36. The number of fused-ring (bicyclic) bond motifs is 2. The van der Waals surface area contributed by atoms with E-state index < -0.39 is 11.9 Å². The van der Waals surface area contributed by atoms with E-state index >= 15 is 0 Å². The largest absolute Gasteiger partial charge is 0.493 e. The average Bonchev–Trinajstić information content (AvgIpc) is 2.94. The maximum atomic E-state index is 11.5. The summed E-state index contributed by atoms with van der Waals surface area (Å²) >= 11 is 11.0. The highest BCUT2D eigenvalue weighted by Crippen LogP contribution is 2.45.